The molecule has 0 radical (unpaired) electrons. The van der Waals surface area contributed by atoms with Gasteiger partial charge in [0, 0.05) is 5.69 Å². The number of carbonyl (C=O) groups excluding carboxylic acids is 1. The summed E-state index contributed by atoms with van der Waals surface area (Å²) in [5, 5.41) is 2.13. The van der Waals surface area contributed by atoms with E-state index >= 15 is 0 Å². The summed E-state index contributed by atoms with van der Waals surface area (Å²) in [7, 11) is 0. The molecule has 0 saturated heterocycles. The summed E-state index contributed by atoms with van der Waals surface area (Å²) in [6.45, 7) is 0. The lowest BCUT2D eigenvalue weighted by molar-refractivity contribution is 0.102. The quantitative estimate of drug-likeness (QED) is 0.819. The molecule has 0 fully saturated rings. The molecule has 1 amide bonds. The fourth-order valence-electron chi connectivity index (χ4n) is 1.57. The first kappa shape index (κ1) is 14.6. The van der Waals surface area contributed by atoms with Crippen molar-refractivity contribution < 1.29 is 13.6 Å². The number of hydrogen-bond donors (Lipinski definition) is 2. The number of carbonyl (C=O) groups is 1. The van der Waals surface area contributed by atoms with Crippen molar-refractivity contribution in [1.82, 2.24) is 0 Å². The normalized spacial score (nSPS) is 10.4. The van der Waals surface area contributed by atoms with Crippen molar-refractivity contribution in [3.63, 3.8) is 0 Å². The number of halogens is 4. The summed E-state index contributed by atoms with van der Waals surface area (Å²) >= 11 is 11.7. The first-order valence-electron chi connectivity index (χ1n) is 5.40. The predicted octanol–water partition coefficient (Wildman–Crippen LogP) is 4.11. The zero-order valence-electron chi connectivity index (χ0n) is 9.88. The monoisotopic (exact) mass is 316 g/mol. The standard InChI is InChI=1S/C13H8Cl2F2N2O/c14-8-5-6(18)4-7(11(8)15)13(20)19-12-9(16)2-1-3-10(12)17/h1-5H,18H2,(H,19,20). The highest BCUT2D eigenvalue weighted by molar-refractivity contribution is 6.44. The molecule has 0 aliphatic carbocycles. The van der Waals surface area contributed by atoms with Crippen molar-refractivity contribution >= 4 is 40.5 Å². The van der Waals surface area contributed by atoms with Gasteiger partial charge in [-0.25, -0.2) is 8.78 Å². The molecule has 2 aromatic rings. The van der Waals surface area contributed by atoms with E-state index in [2.05, 4.69) is 5.32 Å². The molecular weight excluding hydrogens is 309 g/mol. The van der Waals surface area contributed by atoms with E-state index in [1.807, 2.05) is 0 Å². The van der Waals surface area contributed by atoms with Gasteiger partial charge in [0.1, 0.15) is 17.3 Å². The van der Waals surface area contributed by atoms with Gasteiger partial charge < -0.3 is 11.1 Å². The molecule has 104 valence electrons. The minimum atomic E-state index is -0.899. The van der Waals surface area contributed by atoms with E-state index in [4.69, 9.17) is 28.9 Å². The number of benzene rings is 2. The van der Waals surface area contributed by atoms with Crippen LogP contribution in [0.5, 0.6) is 0 Å². The number of nitrogen functional groups attached to an aromatic ring is 1. The highest BCUT2D eigenvalue weighted by Gasteiger charge is 2.17. The Morgan fingerprint density at radius 3 is 2.35 bits per heavy atom. The van der Waals surface area contributed by atoms with Gasteiger partial charge >= 0.3 is 0 Å². The van der Waals surface area contributed by atoms with Crippen LogP contribution in [0.3, 0.4) is 0 Å². The number of amides is 1. The van der Waals surface area contributed by atoms with E-state index in [-0.39, 0.29) is 21.3 Å². The molecule has 0 aromatic heterocycles. The van der Waals surface area contributed by atoms with Crippen LogP contribution in [0.15, 0.2) is 30.3 Å². The molecule has 0 aliphatic rings. The van der Waals surface area contributed by atoms with Gasteiger partial charge in [-0.3, -0.25) is 4.79 Å². The van der Waals surface area contributed by atoms with Crippen molar-refractivity contribution in [2.24, 2.45) is 0 Å². The number of nitrogens with two attached hydrogens (primary N) is 1. The Labute approximate surface area is 123 Å². The van der Waals surface area contributed by atoms with Gasteiger partial charge in [0.25, 0.3) is 5.91 Å². The minimum Gasteiger partial charge on any atom is -0.399 e. The van der Waals surface area contributed by atoms with Gasteiger partial charge in [-0.15, -0.1) is 0 Å². The second-order valence-electron chi connectivity index (χ2n) is 3.92. The summed E-state index contributed by atoms with van der Waals surface area (Å²) in [6, 6.07) is 5.86. The summed E-state index contributed by atoms with van der Waals surface area (Å²) in [6.07, 6.45) is 0. The van der Waals surface area contributed by atoms with Crippen LogP contribution < -0.4 is 11.1 Å². The number of rotatable bonds is 2. The van der Waals surface area contributed by atoms with Crippen molar-refractivity contribution in [2.75, 3.05) is 11.1 Å². The summed E-state index contributed by atoms with van der Waals surface area (Å²) < 4.78 is 26.9. The molecule has 0 saturated carbocycles. The van der Waals surface area contributed by atoms with E-state index < -0.39 is 23.2 Å². The van der Waals surface area contributed by atoms with Gasteiger partial charge in [-0.1, -0.05) is 29.3 Å². The molecule has 3 N–H and O–H groups in total. The lowest BCUT2D eigenvalue weighted by Gasteiger charge is -2.10. The summed E-state index contributed by atoms with van der Waals surface area (Å²) in [5.74, 6) is -2.61. The van der Waals surface area contributed by atoms with Crippen LogP contribution in [0, 0.1) is 11.6 Å². The number of hydrogen-bond acceptors (Lipinski definition) is 2. The van der Waals surface area contributed by atoms with E-state index in [0.29, 0.717) is 0 Å². The Hall–Kier alpha value is -1.85. The third kappa shape index (κ3) is 2.84. The Bertz CT molecular complexity index is 672. The van der Waals surface area contributed by atoms with Crippen molar-refractivity contribution in [2.45, 2.75) is 0 Å². The van der Waals surface area contributed by atoms with Gasteiger partial charge in [0.15, 0.2) is 0 Å². The number of nitrogens with one attached hydrogen (secondary N) is 1. The fourth-order valence-corrected chi connectivity index (χ4v) is 2.00. The Balaban J connectivity index is 2.39. The first-order chi connectivity index (χ1) is 9.40. The van der Waals surface area contributed by atoms with Gasteiger partial charge in [0.05, 0.1) is 15.6 Å². The van der Waals surface area contributed by atoms with Crippen molar-refractivity contribution in [3.05, 3.63) is 57.6 Å². The summed E-state index contributed by atoms with van der Waals surface area (Å²) in [5.41, 5.74) is 5.12. The lowest BCUT2D eigenvalue weighted by atomic mass is 10.1. The molecule has 3 nitrogen and oxygen atoms in total. The largest absolute Gasteiger partial charge is 0.399 e. The maximum absolute atomic E-state index is 13.4. The number of para-hydroxylation sites is 1. The van der Waals surface area contributed by atoms with Crippen LogP contribution in [-0.2, 0) is 0 Å². The number of anilines is 2. The molecule has 0 atom stereocenters. The van der Waals surface area contributed by atoms with E-state index in [1.54, 1.807) is 0 Å². The molecule has 0 unspecified atom stereocenters. The van der Waals surface area contributed by atoms with Gasteiger partial charge in [0.2, 0.25) is 0 Å². The molecular formula is C13H8Cl2F2N2O. The molecule has 2 rings (SSSR count). The SMILES string of the molecule is Nc1cc(Cl)c(Cl)c(C(=O)Nc2c(F)cccc2F)c1. The topological polar surface area (TPSA) is 55.1 Å². The zero-order chi connectivity index (χ0) is 14.9. The van der Waals surface area contributed by atoms with E-state index in [0.717, 1.165) is 12.1 Å². The van der Waals surface area contributed by atoms with E-state index in [9.17, 15) is 13.6 Å². The highest BCUT2D eigenvalue weighted by atomic mass is 35.5. The maximum atomic E-state index is 13.4. The fraction of sp³-hybridized carbons (Fsp3) is 0. The van der Waals surface area contributed by atoms with Crippen LogP contribution in [-0.4, -0.2) is 5.91 Å². The molecule has 7 heteroatoms. The Morgan fingerprint density at radius 2 is 1.75 bits per heavy atom. The molecule has 20 heavy (non-hydrogen) atoms. The predicted molar refractivity (Wildman–Crippen MR) is 75.2 cm³/mol. The van der Waals surface area contributed by atoms with Crippen LogP contribution in [0.2, 0.25) is 10.0 Å². The Morgan fingerprint density at radius 1 is 1.15 bits per heavy atom. The second kappa shape index (κ2) is 5.64. The Kier molecular flexibility index (Phi) is 4.11. The summed E-state index contributed by atoms with van der Waals surface area (Å²) in [4.78, 5) is 12.0. The molecule has 0 aliphatic heterocycles. The molecule has 2 aromatic carbocycles. The smallest absolute Gasteiger partial charge is 0.257 e. The first-order valence-corrected chi connectivity index (χ1v) is 6.15. The highest BCUT2D eigenvalue weighted by Crippen LogP contribution is 2.29. The van der Waals surface area contributed by atoms with E-state index in [1.165, 1.54) is 18.2 Å². The molecule has 0 heterocycles. The van der Waals surface area contributed by atoms with Gasteiger partial charge in [-0.2, -0.15) is 0 Å². The third-order valence-corrected chi connectivity index (χ3v) is 3.30. The second-order valence-corrected chi connectivity index (χ2v) is 4.70. The van der Waals surface area contributed by atoms with Crippen LogP contribution in [0.25, 0.3) is 0 Å². The molecule has 0 bridgehead atoms. The van der Waals surface area contributed by atoms with Crippen molar-refractivity contribution in [3.8, 4) is 0 Å². The minimum absolute atomic E-state index is 0.0462. The van der Waals surface area contributed by atoms with Gasteiger partial charge in [-0.05, 0) is 24.3 Å². The molecule has 0 spiro atoms. The zero-order valence-corrected chi connectivity index (χ0v) is 11.4. The van der Waals surface area contributed by atoms with Crippen LogP contribution >= 0.6 is 23.2 Å². The third-order valence-electron chi connectivity index (χ3n) is 2.50. The van der Waals surface area contributed by atoms with Crippen molar-refractivity contribution in [1.29, 1.82) is 0 Å². The lowest BCUT2D eigenvalue weighted by Crippen LogP contribution is -2.15. The average molecular weight is 317 g/mol. The van der Waals surface area contributed by atoms with Crippen LogP contribution in [0.1, 0.15) is 10.4 Å². The van der Waals surface area contributed by atoms with Crippen LogP contribution in [0.4, 0.5) is 20.2 Å². The average Bonchev–Trinajstić information content (AvgIpc) is 2.38. The maximum Gasteiger partial charge on any atom is 0.257 e.